The largest absolute Gasteiger partial charge is 0.337 e. The van der Waals surface area contributed by atoms with E-state index in [1.54, 1.807) is 0 Å². The molecule has 0 fully saturated rings. The van der Waals surface area contributed by atoms with Gasteiger partial charge in [0.05, 0.1) is 15.7 Å². The molecule has 0 unspecified atom stereocenters. The summed E-state index contributed by atoms with van der Waals surface area (Å²) in [6, 6.07) is 5.27. The number of nitrogens with zero attached hydrogens (tertiary/aromatic N) is 1. The highest BCUT2D eigenvalue weighted by molar-refractivity contribution is 6.41. The summed E-state index contributed by atoms with van der Waals surface area (Å²) in [5.74, 6) is 0. The second-order valence-electron chi connectivity index (χ2n) is 3.95. The summed E-state index contributed by atoms with van der Waals surface area (Å²) in [6.07, 6.45) is 0. The topological polar surface area (TPSA) is 66.1 Å². The molecule has 1 heterocycles. The van der Waals surface area contributed by atoms with Crippen molar-refractivity contribution in [1.82, 2.24) is 10.4 Å². The van der Waals surface area contributed by atoms with Gasteiger partial charge in [0.1, 0.15) is 10.3 Å². The van der Waals surface area contributed by atoms with Crippen LogP contribution in [-0.2, 0) is 0 Å². The van der Waals surface area contributed by atoms with Crippen molar-refractivity contribution in [1.29, 1.82) is 0 Å². The molecule has 0 aliphatic carbocycles. The number of aromatic nitrogens is 1. The number of urea groups is 1. The number of hydrogen-bond donors (Lipinski definition) is 3. The van der Waals surface area contributed by atoms with E-state index < -0.39 is 6.03 Å². The quantitative estimate of drug-likeness (QED) is 0.471. The minimum Gasteiger partial charge on any atom is -0.306 e. The Morgan fingerprint density at radius 2 is 1.45 bits per heavy atom. The standard InChI is InChI=1S/C12H7Cl5N4O/c13-5-1-7(14)11(8(15)2-5)20-21-12(22)18-6-3-9(16)19-10(17)4-6/h1-4,20H,(H2,18,19,21,22). The lowest BCUT2D eigenvalue weighted by Gasteiger charge is -2.13. The Labute approximate surface area is 150 Å². The van der Waals surface area contributed by atoms with E-state index in [9.17, 15) is 4.79 Å². The van der Waals surface area contributed by atoms with E-state index in [1.807, 2.05) is 0 Å². The van der Waals surface area contributed by atoms with Gasteiger partial charge >= 0.3 is 6.03 Å². The van der Waals surface area contributed by atoms with Crippen LogP contribution < -0.4 is 16.2 Å². The molecule has 2 aromatic rings. The van der Waals surface area contributed by atoms with Crippen LogP contribution in [0.1, 0.15) is 0 Å². The van der Waals surface area contributed by atoms with Gasteiger partial charge in [-0.1, -0.05) is 58.0 Å². The molecule has 0 atom stereocenters. The molecule has 116 valence electrons. The number of pyridine rings is 1. The Morgan fingerprint density at radius 1 is 0.909 bits per heavy atom. The number of amides is 2. The Kier molecular flexibility index (Phi) is 5.83. The lowest BCUT2D eigenvalue weighted by atomic mass is 10.3. The monoisotopic (exact) mass is 398 g/mol. The molecule has 0 aliphatic heterocycles. The first-order valence-electron chi connectivity index (χ1n) is 5.66. The Hall–Kier alpha value is -1.11. The summed E-state index contributed by atoms with van der Waals surface area (Å²) in [5, 5.41) is 3.71. The van der Waals surface area contributed by atoms with Crippen LogP contribution >= 0.6 is 58.0 Å². The SMILES string of the molecule is O=C(NNc1c(Cl)cc(Cl)cc1Cl)Nc1cc(Cl)nc(Cl)c1. The van der Waals surface area contributed by atoms with Gasteiger partial charge < -0.3 is 5.32 Å². The molecule has 5 nitrogen and oxygen atoms in total. The molecule has 2 amide bonds. The summed E-state index contributed by atoms with van der Waals surface area (Å²) in [4.78, 5) is 15.6. The van der Waals surface area contributed by atoms with Crippen molar-refractivity contribution >= 4 is 75.4 Å². The fourth-order valence-electron chi connectivity index (χ4n) is 1.48. The molecule has 22 heavy (non-hydrogen) atoms. The number of rotatable bonds is 3. The zero-order valence-electron chi connectivity index (χ0n) is 10.6. The van der Waals surface area contributed by atoms with Crippen molar-refractivity contribution in [2.75, 3.05) is 10.7 Å². The molecular formula is C12H7Cl5N4O. The molecule has 1 aromatic heterocycles. The molecule has 0 saturated heterocycles. The fourth-order valence-corrected chi connectivity index (χ4v) is 2.85. The maximum Gasteiger partial charge on any atom is 0.337 e. The summed E-state index contributed by atoms with van der Waals surface area (Å²) in [6.45, 7) is 0. The maximum atomic E-state index is 11.8. The van der Waals surface area contributed by atoms with Gasteiger partial charge in [-0.05, 0) is 24.3 Å². The van der Waals surface area contributed by atoms with Gasteiger partial charge in [0.25, 0.3) is 0 Å². The van der Waals surface area contributed by atoms with Crippen molar-refractivity contribution in [3.63, 3.8) is 0 Å². The number of anilines is 2. The van der Waals surface area contributed by atoms with Crippen molar-refractivity contribution in [3.05, 3.63) is 49.6 Å². The van der Waals surface area contributed by atoms with E-state index in [-0.39, 0.29) is 20.4 Å². The average molecular weight is 400 g/mol. The first-order valence-corrected chi connectivity index (χ1v) is 7.55. The minimum absolute atomic E-state index is 0.152. The third-order valence-electron chi connectivity index (χ3n) is 2.33. The molecule has 0 bridgehead atoms. The number of nitrogens with one attached hydrogen (secondary N) is 3. The van der Waals surface area contributed by atoms with Crippen LogP contribution in [0.3, 0.4) is 0 Å². The summed E-state index contributed by atoms with van der Waals surface area (Å²) in [5.41, 5.74) is 5.65. The van der Waals surface area contributed by atoms with E-state index in [0.717, 1.165) is 0 Å². The molecule has 0 spiro atoms. The van der Waals surface area contributed by atoms with E-state index >= 15 is 0 Å². The smallest absolute Gasteiger partial charge is 0.306 e. The number of halogens is 5. The van der Waals surface area contributed by atoms with Gasteiger partial charge in [-0.3, -0.25) is 10.9 Å². The predicted molar refractivity (Wildman–Crippen MR) is 91.5 cm³/mol. The van der Waals surface area contributed by atoms with Crippen molar-refractivity contribution in [2.45, 2.75) is 0 Å². The Balaban J connectivity index is 2.01. The highest BCUT2D eigenvalue weighted by Gasteiger charge is 2.09. The molecule has 2 rings (SSSR count). The zero-order valence-corrected chi connectivity index (χ0v) is 14.3. The van der Waals surface area contributed by atoms with Gasteiger partial charge in [0, 0.05) is 10.7 Å². The van der Waals surface area contributed by atoms with Gasteiger partial charge in [-0.25, -0.2) is 9.78 Å². The molecule has 10 heteroatoms. The molecular weight excluding hydrogens is 393 g/mol. The predicted octanol–water partition coefficient (Wildman–Crippen LogP) is 5.50. The first-order chi connectivity index (χ1) is 10.3. The molecule has 0 aliphatic rings. The van der Waals surface area contributed by atoms with Crippen LogP contribution in [0.5, 0.6) is 0 Å². The van der Waals surface area contributed by atoms with Crippen molar-refractivity contribution in [3.8, 4) is 0 Å². The lowest BCUT2D eigenvalue weighted by Crippen LogP contribution is -2.33. The van der Waals surface area contributed by atoms with E-state index in [2.05, 4.69) is 21.2 Å². The van der Waals surface area contributed by atoms with E-state index in [1.165, 1.54) is 24.3 Å². The number of hydrogen-bond acceptors (Lipinski definition) is 3. The number of carbonyl (C=O) groups is 1. The third kappa shape index (κ3) is 4.69. The van der Waals surface area contributed by atoms with Gasteiger partial charge in [0.2, 0.25) is 0 Å². The van der Waals surface area contributed by atoms with Gasteiger partial charge in [-0.2, -0.15) is 0 Å². The fraction of sp³-hybridized carbons (Fsp3) is 0. The Morgan fingerprint density at radius 3 is 2.00 bits per heavy atom. The van der Waals surface area contributed by atoms with Crippen molar-refractivity contribution in [2.24, 2.45) is 0 Å². The molecule has 3 N–H and O–H groups in total. The first kappa shape index (κ1) is 17.2. The number of benzene rings is 1. The zero-order chi connectivity index (χ0) is 16.3. The second kappa shape index (κ2) is 7.44. The van der Waals surface area contributed by atoms with Crippen LogP contribution in [0.15, 0.2) is 24.3 Å². The summed E-state index contributed by atoms with van der Waals surface area (Å²) in [7, 11) is 0. The minimum atomic E-state index is -0.583. The Bertz CT molecular complexity index is 681. The normalized spacial score (nSPS) is 10.2. The van der Waals surface area contributed by atoms with E-state index in [4.69, 9.17) is 58.0 Å². The summed E-state index contributed by atoms with van der Waals surface area (Å²) < 4.78 is 0. The summed E-state index contributed by atoms with van der Waals surface area (Å²) >= 11 is 29.2. The van der Waals surface area contributed by atoms with Crippen LogP contribution in [0, 0.1) is 0 Å². The maximum absolute atomic E-state index is 11.8. The number of carbonyl (C=O) groups excluding carboxylic acids is 1. The lowest BCUT2D eigenvalue weighted by molar-refractivity contribution is 0.254. The highest BCUT2D eigenvalue weighted by atomic mass is 35.5. The van der Waals surface area contributed by atoms with Crippen LogP contribution in [0.2, 0.25) is 25.4 Å². The molecule has 0 saturated carbocycles. The molecule has 0 radical (unpaired) electrons. The highest BCUT2D eigenvalue weighted by Crippen LogP contribution is 2.33. The van der Waals surface area contributed by atoms with Gasteiger partial charge in [-0.15, -0.1) is 0 Å². The molecule has 1 aromatic carbocycles. The van der Waals surface area contributed by atoms with Crippen molar-refractivity contribution < 1.29 is 4.79 Å². The van der Waals surface area contributed by atoms with Gasteiger partial charge in [0.15, 0.2) is 0 Å². The van der Waals surface area contributed by atoms with Crippen LogP contribution in [0.4, 0.5) is 16.2 Å². The third-order valence-corrected chi connectivity index (χ3v) is 3.53. The second-order valence-corrected chi connectivity index (χ2v) is 5.98. The van der Waals surface area contributed by atoms with Crippen LogP contribution in [0.25, 0.3) is 0 Å². The average Bonchev–Trinajstić information content (AvgIpc) is 2.35. The van der Waals surface area contributed by atoms with Crippen LogP contribution in [-0.4, -0.2) is 11.0 Å². The number of hydrazine groups is 1. The van der Waals surface area contributed by atoms with E-state index in [0.29, 0.717) is 16.4 Å².